The van der Waals surface area contributed by atoms with E-state index in [9.17, 15) is 19.2 Å². The molecule has 0 aliphatic rings. The maximum absolute atomic E-state index is 12.8. The molecule has 12 nitrogen and oxygen atoms in total. The van der Waals surface area contributed by atoms with Crippen LogP contribution in [0.15, 0.2) is 123 Å². The van der Waals surface area contributed by atoms with Crippen LogP contribution in [0.1, 0.15) is 69.1 Å². The lowest BCUT2D eigenvalue weighted by Crippen LogP contribution is -2.06. The molecule has 5 aromatic carbocycles. The van der Waals surface area contributed by atoms with Gasteiger partial charge in [0, 0.05) is 41.2 Å². The summed E-state index contributed by atoms with van der Waals surface area (Å²) in [7, 11) is 0. The average Bonchev–Trinajstić information content (AvgIpc) is 3.89. The molecule has 0 saturated heterocycles. The fourth-order valence-electron chi connectivity index (χ4n) is 6.83. The number of imidazole rings is 2. The molecule has 7 aromatic rings. The summed E-state index contributed by atoms with van der Waals surface area (Å²) in [6.07, 6.45) is 0. The molecule has 0 fully saturated rings. The van der Waals surface area contributed by atoms with Crippen molar-refractivity contribution in [2.75, 3.05) is 26.4 Å². The van der Waals surface area contributed by atoms with Crippen LogP contribution in [0.25, 0.3) is 62.4 Å². The Morgan fingerprint density at radius 1 is 0.508 bits per heavy atom. The second-order valence-electron chi connectivity index (χ2n) is 13.7. The van der Waals surface area contributed by atoms with Crippen LogP contribution in [0.5, 0.6) is 0 Å². The number of esters is 4. The number of ether oxygens (including phenoxy) is 4. The van der Waals surface area contributed by atoms with Crippen molar-refractivity contribution in [3.63, 3.8) is 0 Å². The Morgan fingerprint density at radius 3 is 1.27 bits per heavy atom. The number of rotatable bonds is 14. The van der Waals surface area contributed by atoms with E-state index in [1.165, 1.54) is 0 Å². The smallest absolute Gasteiger partial charge is 0.338 e. The highest BCUT2D eigenvalue weighted by atomic mass is 79.9. The topological polar surface area (TPSA) is 152 Å². The number of hydrogen-bond donors (Lipinski definition) is 1. The Hall–Kier alpha value is -6.16. The molecule has 1 N–H and O–H groups in total. The third kappa shape index (κ3) is 9.60. The van der Waals surface area contributed by atoms with E-state index >= 15 is 0 Å². The minimum absolute atomic E-state index is 0.222. The van der Waals surface area contributed by atoms with Gasteiger partial charge in [-0.1, -0.05) is 64.5 Å². The largest absolute Gasteiger partial charge is 0.462 e. The summed E-state index contributed by atoms with van der Waals surface area (Å²) in [5, 5.41) is 0. The van der Waals surface area contributed by atoms with Crippen molar-refractivity contribution in [2.24, 2.45) is 0 Å². The lowest BCUT2D eigenvalue weighted by molar-refractivity contribution is 0.0517. The molecule has 15 heteroatoms. The molecule has 2 heterocycles. The molecule has 0 unspecified atom stereocenters. The van der Waals surface area contributed by atoms with Gasteiger partial charge in [-0.05, 0) is 120 Å². The summed E-state index contributed by atoms with van der Waals surface area (Å²) in [5.74, 6) is -0.978. The summed E-state index contributed by atoms with van der Waals surface area (Å²) in [6, 6.07) is 31.8. The van der Waals surface area contributed by atoms with Crippen LogP contribution in [0.4, 0.5) is 0 Å². The Labute approximate surface area is 388 Å². The minimum Gasteiger partial charge on any atom is -0.462 e. The van der Waals surface area contributed by atoms with Gasteiger partial charge >= 0.3 is 23.9 Å². The molecular formula is C48H39Br3N4O8. The lowest BCUT2D eigenvalue weighted by Gasteiger charge is -2.14. The third-order valence-corrected chi connectivity index (χ3v) is 11.4. The second kappa shape index (κ2) is 19.9. The number of aromatic amines is 1. The van der Waals surface area contributed by atoms with Gasteiger partial charge in [0.2, 0.25) is 5.95 Å². The van der Waals surface area contributed by atoms with E-state index in [0.29, 0.717) is 93.6 Å². The molecule has 0 aliphatic carbocycles. The van der Waals surface area contributed by atoms with Crippen molar-refractivity contribution in [1.82, 2.24) is 19.5 Å². The lowest BCUT2D eigenvalue weighted by atomic mass is 10.0. The van der Waals surface area contributed by atoms with Crippen molar-refractivity contribution < 1.29 is 38.1 Å². The summed E-state index contributed by atoms with van der Waals surface area (Å²) < 4.78 is 25.2. The Kier molecular flexibility index (Phi) is 14.2. The van der Waals surface area contributed by atoms with Crippen molar-refractivity contribution in [1.29, 1.82) is 0 Å². The zero-order valence-corrected chi connectivity index (χ0v) is 39.2. The average molecular weight is 1040 g/mol. The van der Waals surface area contributed by atoms with Gasteiger partial charge in [0.15, 0.2) is 0 Å². The van der Waals surface area contributed by atoms with Crippen LogP contribution < -0.4 is 0 Å². The highest BCUT2D eigenvalue weighted by Crippen LogP contribution is 2.44. The Balaban J connectivity index is 1.54. The number of hydrogen-bond acceptors (Lipinski definition) is 10. The van der Waals surface area contributed by atoms with Crippen LogP contribution in [0.2, 0.25) is 0 Å². The minimum atomic E-state index is -0.459. The zero-order valence-electron chi connectivity index (χ0n) is 34.5. The van der Waals surface area contributed by atoms with E-state index in [1.54, 1.807) is 100 Å². The van der Waals surface area contributed by atoms with Gasteiger partial charge in [0.1, 0.15) is 5.82 Å². The number of aromatic nitrogens is 4. The van der Waals surface area contributed by atoms with Crippen LogP contribution in [0.3, 0.4) is 0 Å². The van der Waals surface area contributed by atoms with Gasteiger partial charge in [0.25, 0.3) is 0 Å². The van der Waals surface area contributed by atoms with Gasteiger partial charge in [-0.15, -0.1) is 0 Å². The first-order chi connectivity index (χ1) is 30.5. The van der Waals surface area contributed by atoms with Crippen molar-refractivity contribution in [3.8, 4) is 62.4 Å². The number of nitrogens with zero attached hydrogens (tertiary/aromatic N) is 3. The predicted molar refractivity (Wildman–Crippen MR) is 250 cm³/mol. The third-order valence-electron chi connectivity index (χ3n) is 9.70. The first kappa shape index (κ1) is 44.9. The molecule has 0 bridgehead atoms. The van der Waals surface area contributed by atoms with E-state index in [1.807, 2.05) is 41.0 Å². The molecule has 7 rings (SSSR count). The number of benzene rings is 5. The maximum atomic E-state index is 12.8. The molecular weight excluding hydrogens is 1000 g/mol. The van der Waals surface area contributed by atoms with E-state index in [-0.39, 0.29) is 26.4 Å². The molecule has 63 heavy (non-hydrogen) atoms. The Bertz CT molecular complexity index is 2720. The van der Waals surface area contributed by atoms with Crippen molar-refractivity contribution in [3.05, 3.63) is 145 Å². The predicted octanol–water partition coefficient (Wildman–Crippen LogP) is 11.9. The van der Waals surface area contributed by atoms with Gasteiger partial charge in [-0.3, -0.25) is 4.57 Å². The van der Waals surface area contributed by atoms with E-state index in [0.717, 1.165) is 4.47 Å². The highest BCUT2D eigenvalue weighted by molar-refractivity contribution is 9.11. The number of halogens is 3. The molecule has 2 aromatic heterocycles. The van der Waals surface area contributed by atoms with Gasteiger partial charge in [-0.25, -0.2) is 29.1 Å². The number of carbonyl (C=O) groups is 4. The number of carbonyl (C=O) groups excluding carboxylic acids is 4. The zero-order chi connectivity index (χ0) is 44.8. The molecule has 0 aliphatic heterocycles. The second-order valence-corrected chi connectivity index (χ2v) is 16.3. The molecule has 320 valence electrons. The highest BCUT2D eigenvalue weighted by Gasteiger charge is 2.29. The van der Waals surface area contributed by atoms with Crippen LogP contribution >= 0.6 is 47.8 Å². The summed E-state index contributed by atoms with van der Waals surface area (Å²) in [4.78, 5) is 65.1. The summed E-state index contributed by atoms with van der Waals surface area (Å²) >= 11 is 11.2. The fraction of sp³-hybridized carbons (Fsp3) is 0.167. The SMILES string of the molecule is CCOC(=O)c1ccc(-c2nc(-n3c(-c4c(Br)cc(Br)cc4Br)nc(-c4ccc(C(=O)OCC)cc4)c3-c3ccc(C(=O)OCC)cc3)[nH]c2-c2ccc(C(=O)OCC)cc2)cc1. The van der Waals surface area contributed by atoms with E-state index in [2.05, 4.69) is 52.8 Å². The van der Waals surface area contributed by atoms with Gasteiger partial charge in [0.05, 0.1) is 71.5 Å². The van der Waals surface area contributed by atoms with E-state index < -0.39 is 23.9 Å². The first-order valence-electron chi connectivity index (χ1n) is 19.9. The first-order valence-corrected chi connectivity index (χ1v) is 22.3. The summed E-state index contributed by atoms with van der Waals surface area (Å²) in [6.45, 7) is 7.92. The van der Waals surface area contributed by atoms with E-state index in [4.69, 9.17) is 28.9 Å². The molecule has 0 spiro atoms. The van der Waals surface area contributed by atoms with Crippen LogP contribution in [-0.4, -0.2) is 69.8 Å². The van der Waals surface area contributed by atoms with Crippen LogP contribution in [0, 0.1) is 0 Å². The van der Waals surface area contributed by atoms with Gasteiger partial charge < -0.3 is 23.9 Å². The van der Waals surface area contributed by atoms with Crippen molar-refractivity contribution >= 4 is 71.7 Å². The fourth-order valence-corrected chi connectivity index (χ4v) is 9.44. The quantitative estimate of drug-likeness (QED) is 0.0823. The van der Waals surface area contributed by atoms with Crippen LogP contribution in [-0.2, 0) is 18.9 Å². The normalized spacial score (nSPS) is 11.0. The van der Waals surface area contributed by atoms with Gasteiger partial charge in [-0.2, -0.15) is 0 Å². The number of H-pyrrole nitrogens is 1. The Morgan fingerprint density at radius 2 is 0.873 bits per heavy atom. The molecule has 0 amide bonds. The van der Waals surface area contributed by atoms with Crippen molar-refractivity contribution in [2.45, 2.75) is 27.7 Å². The molecule has 0 radical (unpaired) electrons. The standard InChI is InChI=1S/C48H39Br3N4O8/c1-5-60-44(56)31-17-9-27(10-18-31)39-40(28-11-19-32(20-12-28)45(57)61-6-2)54-48(53-39)55-42(30-15-23-34(24-16-30)47(59)63-8-4)41(29-13-21-33(22-14-29)46(58)62-7-3)52-43(55)38-36(50)25-35(49)26-37(38)51/h9-26H,5-8H2,1-4H3,(H,53,54). The summed E-state index contributed by atoms with van der Waals surface area (Å²) in [5.41, 5.74) is 7.18. The monoisotopic (exact) mass is 1040 g/mol. The molecule has 0 saturated carbocycles. The maximum Gasteiger partial charge on any atom is 0.338 e. The molecule has 0 atom stereocenters. The number of nitrogens with one attached hydrogen (secondary N) is 1.